The third-order valence-electron chi connectivity index (χ3n) is 1.74. The molecule has 0 radical (unpaired) electrons. The highest BCUT2D eigenvalue weighted by Crippen LogP contribution is 2.06. The smallest absolute Gasteiger partial charge is 0.214 e. The minimum atomic E-state index is -3.46. The number of aryl methyl sites for hydroxylation is 2. The standard InChI is InChI=1S/C7H13N3O2S/c1-3-6-4-7(10(2)9-6)5-13(8,11)12/h4H,3,5H2,1-2H3,(H2,8,11,12). The summed E-state index contributed by atoms with van der Waals surface area (Å²) < 4.78 is 23.1. The van der Waals surface area contributed by atoms with Crippen LogP contribution in [0.25, 0.3) is 0 Å². The van der Waals surface area contributed by atoms with Gasteiger partial charge in [-0.2, -0.15) is 5.10 Å². The lowest BCUT2D eigenvalue weighted by Crippen LogP contribution is -2.16. The predicted molar refractivity (Wildman–Crippen MR) is 49.4 cm³/mol. The Morgan fingerprint density at radius 1 is 1.62 bits per heavy atom. The maximum absolute atomic E-state index is 10.8. The zero-order valence-electron chi connectivity index (χ0n) is 7.69. The molecule has 0 unspecified atom stereocenters. The summed E-state index contributed by atoms with van der Waals surface area (Å²) in [6.45, 7) is 1.96. The largest absolute Gasteiger partial charge is 0.271 e. The van der Waals surface area contributed by atoms with E-state index in [-0.39, 0.29) is 5.75 Å². The Balaban J connectivity index is 2.95. The molecule has 74 valence electrons. The first kappa shape index (κ1) is 10.2. The van der Waals surface area contributed by atoms with Crippen molar-refractivity contribution in [2.45, 2.75) is 19.1 Å². The Bertz CT molecular complexity index is 394. The van der Waals surface area contributed by atoms with Crippen molar-refractivity contribution in [2.24, 2.45) is 12.2 Å². The number of nitrogens with two attached hydrogens (primary N) is 1. The van der Waals surface area contributed by atoms with Gasteiger partial charge in [0, 0.05) is 7.05 Å². The van der Waals surface area contributed by atoms with Crippen LogP contribution >= 0.6 is 0 Å². The highest BCUT2D eigenvalue weighted by atomic mass is 32.2. The van der Waals surface area contributed by atoms with Gasteiger partial charge in [-0.3, -0.25) is 4.68 Å². The van der Waals surface area contributed by atoms with E-state index in [2.05, 4.69) is 5.10 Å². The lowest BCUT2D eigenvalue weighted by molar-refractivity contribution is 0.593. The van der Waals surface area contributed by atoms with E-state index >= 15 is 0 Å². The monoisotopic (exact) mass is 203 g/mol. The average molecular weight is 203 g/mol. The second kappa shape index (κ2) is 3.47. The molecule has 6 heteroatoms. The molecule has 0 fully saturated rings. The van der Waals surface area contributed by atoms with E-state index in [1.165, 1.54) is 0 Å². The number of aromatic nitrogens is 2. The Morgan fingerprint density at radius 3 is 2.62 bits per heavy atom. The third kappa shape index (κ3) is 2.82. The van der Waals surface area contributed by atoms with Crippen molar-refractivity contribution >= 4 is 10.0 Å². The Hall–Kier alpha value is -0.880. The summed E-state index contributed by atoms with van der Waals surface area (Å²) in [5, 5.41) is 9.03. The number of rotatable bonds is 3. The first-order valence-electron chi connectivity index (χ1n) is 3.94. The van der Waals surface area contributed by atoms with Gasteiger partial charge < -0.3 is 0 Å². The van der Waals surface area contributed by atoms with Crippen molar-refractivity contribution in [2.75, 3.05) is 0 Å². The Morgan fingerprint density at radius 2 is 2.23 bits per heavy atom. The molecule has 1 rings (SSSR count). The van der Waals surface area contributed by atoms with E-state index < -0.39 is 10.0 Å². The van der Waals surface area contributed by atoms with Crippen LogP contribution in [-0.4, -0.2) is 18.2 Å². The minimum Gasteiger partial charge on any atom is -0.271 e. The van der Waals surface area contributed by atoms with Gasteiger partial charge in [0.15, 0.2) is 0 Å². The summed E-state index contributed by atoms with van der Waals surface area (Å²) in [6, 6.07) is 1.75. The van der Waals surface area contributed by atoms with E-state index in [0.29, 0.717) is 5.69 Å². The van der Waals surface area contributed by atoms with E-state index in [9.17, 15) is 8.42 Å². The van der Waals surface area contributed by atoms with Gasteiger partial charge in [-0.05, 0) is 12.5 Å². The molecule has 1 aromatic heterocycles. The van der Waals surface area contributed by atoms with E-state index in [1.54, 1.807) is 17.8 Å². The van der Waals surface area contributed by atoms with Gasteiger partial charge in [0.2, 0.25) is 10.0 Å². The van der Waals surface area contributed by atoms with Crippen LogP contribution in [0.2, 0.25) is 0 Å². The van der Waals surface area contributed by atoms with Gasteiger partial charge in [0.05, 0.1) is 11.4 Å². The molecule has 0 saturated heterocycles. The van der Waals surface area contributed by atoms with Gasteiger partial charge >= 0.3 is 0 Å². The van der Waals surface area contributed by atoms with Gasteiger partial charge in [-0.25, -0.2) is 13.6 Å². The number of hydrogen-bond donors (Lipinski definition) is 1. The Kier molecular flexibility index (Phi) is 2.72. The predicted octanol–water partition coefficient (Wildman–Crippen LogP) is -0.229. The number of nitrogens with zero attached hydrogens (tertiary/aromatic N) is 2. The zero-order valence-corrected chi connectivity index (χ0v) is 8.50. The van der Waals surface area contributed by atoms with Gasteiger partial charge in [-0.1, -0.05) is 6.92 Å². The van der Waals surface area contributed by atoms with Crippen molar-refractivity contribution in [3.8, 4) is 0 Å². The fraction of sp³-hybridized carbons (Fsp3) is 0.571. The van der Waals surface area contributed by atoms with Crippen LogP contribution in [0.15, 0.2) is 6.07 Å². The maximum Gasteiger partial charge on any atom is 0.214 e. The van der Waals surface area contributed by atoms with Crippen LogP contribution in [0.5, 0.6) is 0 Å². The summed E-state index contributed by atoms with van der Waals surface area (Å²) in [5.74, 6) is -0.156. The first-order chi connectivity index (χ1) is 5.92. The van der Waals surface area contributed by atoms with Crippen molar-refractivity contribution in [1.29, 1.82) is 0 Å². The maximum atomic E-state index is 10.8. The molecule has 1 heterocycles. The van der Waals surface area contributed by atoms with Crippen LogP contribution in [0.1, 0.15) is 18.3 Å². The third-order valence-corrected chi connectivity index (χ3v) is 2.44. The van der Waals surface area contributed by atoms with Crippen LogP contribution in [0, 0.1) is 0 Å². The summed E-state index contributed by atoms with van der Waals surface area (Å²) in [7, 11) is -1.75. The molecule has 0 spiro atoms. The van der Waals surface area contributed by atoms with Crippen LogP contribution in [0.4, 0.5) is 0 Å². The quantitative estimate of drug-likeness (QED) is 0.737. The number of hydrogen-bond acceptors (Lipinski definition) is 3. The molecule has 5 nitrogen and oxygen atoms in total. The van der Waals surface area contributed by atoms with Gasteiger partial charge in [-0.15, -0.1) is 0 Å². The molecule has 2 N–H and O–H groups in total. The highest BCUT2D eigenvalue weighted by Gasteiger charge is 2.10. The second-order valence-electron chi connectivity index (χ2n) is 2.91. The molecule has 0 atom stereocenters. The normalized spacial score (nSPS) is 11.9. The highest BCUT2D eigenvalue weighted by molar-refractivity contribution is 7.88. The summed E-state index contributed by atoms with van der Waals surface area (Å²) in [5.41, 5.74) is 1.50. The SMILES string of the molecule is CCc1cc(CS(N)(=O)=O)n(C)n1. The molecular formula is C7H13N3O2S. The first-order valence-corrected chi connectivity index (χ1v) is 5.66. The molecule has 0 aliphatic rings. The summed E-state index contributed by atoms with van der Waals surface area (Å²) in [4.78, 5) is 0. The summed E-state index contributed by atoms with van der Waals surface area (Å²) >= 11 is 0. The van der Waals surface area contributed by atoms with Crippen molar-refractivity contribution in [1.82, 2.24) is 9.78 Å². The lowest BCUT2D eigenvalue weighted by atomic mass is 10.3. The van der Waals surface area contributed by atoms with Gasteiger partial charge in [0.1, 0.15) is 5.75 Å². The van der Waals surface area contributed by atoms with E-state index in [4.69, 9.17) is 5.14 Å². The Labute approximate surface area is 77.6 Å². The molecule has 0 bridgehead atoms. The minimum absolute atomic E-state index is 0.156. The fourth-order valence-corrected chi connectivity index (χ4v) is 1.77. The fourth-order valence-electron chi connectivity index (χ4n) is 1.09. The molecule has 0 aliphatic carbocycles. The number of primary sulfonamides is 1. The molecule has 13 heavy (non-hydrogen) atoms. The average Bonchev–Trinajstić information content (AvgIpc) is 2.29. The van der Waals surface area contributed by atoms with Crippen molar-refractivity contribution in [3.05, 3.63) is 17.5 Å². The lowest BCUT2D eigenvalue weighted by Gasteiger charge is -1.97. The van der Waals surface area contributed by atoms with Crippen LogP contribution in [0.3, 0.4) is 0 Å². The molecule has 1 aromatic rings. The molecule has 0 saturated carbocycles. The van der Waals surface area contributed by atoms with Crippen molar-refractivity contribution < 1.29 is 8.42 Å². The zero-order chi connectivity index (χ0) is 10.1. The molecule has 0 amide bonds. The van der Waals surface area contributed by atoms with E-state index in [0.717, 1.165) is 12.1 Å². The molecule has 0 aromatic carbocycles. The van der Waals surface area contributed by atoms with Crippen molar-refractivity contribution in [3.63, 3.8) is 0 Å². The number of sulfonamides is 1. The summed E-state index contributed by atoms with van der Waals surface area (Å²) in [6.07, 6.45) is 0.790. The van der Waals surface area contributed by atoms with Crippen LogP contribution in [-0.2, 0) is 29.2 Å². The van der Waals surface area contributed by atoms with E-state index in [1.807, 2.05) is 6.92 Å². The van der Waals surface area contributed by atoms with Gasteiger partial charge in [0.25, 0.3) is 0 Å². The molecular weight excluding hydrogens is 190 g/mol. The van der Waals surface area contributed by atoms with Crippen LogP contribution < -0.4 is 5.14 Å². The second-order valence-corrected chi connectivity index (χ2v) is 4.53. The molecule has 0 aliphatic heterocycles. The topological polar surface area (TPSA) is 78.0 Å².